The summed E-state index contributed by atoms with van der Waals surface area (Å²) >= 11 is 0. The molecule has 1 aliphatic carbocycles. The number of amides is 2. The van der Waals surface area contributed by atoms with Crippen LogP contribution in [0, 0.1) is 12.8 Å². The van der Waals surface area contributed by atoms with Crippen LogP contribution in [0.3, 0.4) is 0 Å². The molecule has 0 radical (unpaired) electrons. The van der Waals surface area contributed by atoms with Crippen LogP contribution in [0.4, 0.5) is 11.4 Å². The summed E-state index contributed by atoms with van der Waals surface area (Å²) in [7, 11) is 3.47. The molecule has 3 rings (SSSR count). The summed E-state index contributed by atoms with van der Waals surface area (Å²) in [5.74, 6) is -0.321. The van der Waals surface area contributed by atoms with E-state index in [0.717, 1.165) is 18.5 Å². The van der Waals surface area contributed by atoms with Crippen molar-refractivity contribution in [2.24, 2.45) is 20.0 Å². The molecule has 0 aromatic carbocycles. The molecule has 1 aliphatic rings. The Hall–Kier alpha value is -2.64. The molecule has 1 saturated carbocycles. The molecule has 0 unspecified atom stereocenters. The first-order valence-corrected chi connectivity index (χ1v) is 7.10. The van der Waals surface area contributed by atoms with Gasteiger partial charge in [-0.1, -0.05) is 0 Å². The fourth-order valence-corrected chi connectivity index (χ4v) is 2.18. The van der Waals surface area contributed by atoms with Gasteiger partial charge in [0.05, 0.1) is 29.5 Å². The van der Waals surface area contributed by atoms with Crippen LogP contribution in [0.2, 0.25) is 0 Å². The first-order chi connectivity index (χ1) is 10.5. The highest BCUT2D eigenvalue weighted by atomic mass is 16.2. The van der Waals surface area contributed by atoms with Gasteiger partial charge < -0.3 is 10.6 Å². The van der Waals surface area contributed by atoms with Crippen LogP contribution in [-0.2, 0) is 18.9 Å². The van der Waals surface area contributed by atoms with Crippen molar-refractivity contribution in [3.63, 3.8) is 0 Å². The molecule has 8 heteroatoms. The molecule has 0 aliphatic heterocycles. The lowest BCUT2D eigenvalue weighted by molar-refractivity contribution is -0.117. The van der Waals surface area contributed by atoms with Gasteiger partial charge >= 0.3 is 0 Å². The Morgan fingerprint density at radius 3 is 2.32 bits per heavy atom. The van der Waals surface area contributed by atoms with E-state index < -0.39 is 0 Å². The zero-order valence-corrected chi connectivity index (χ0v) is 12.8. The lowest BCUT2D eigenvalue weighted by atomic mass is 10.3. The Bertz CT molecular complexity index is 741. The van der Waals surface area contributed by atoms with Crippen molar-refractivity contribution in [1.82, 2.24) is 19.6 Å². The summed E-state index contributed by atoms with van der Waals surface area (Å²) in [5.41, 5.74) is 2.22. The van der Waals surface area contributed by atoms with Gasteiger partial charge in [0.2, 0.25) is 5.91 Å². The molecule has 2 amide bonds. The highest BCUT2D eigenvalue weighted by molar-refractivity contribution is 6.09. The molecule has 0 atom stereocenters. The van der Waals surface area contributed by atoms with Crippen molar-refractivity contribution in [3.8, 4) is 0 Å². The first kappa shape index (κ1) is 14.3. The minimum Gasteiger partial charge on any atom is -0.323 e. The number of nitrogens with zero attached hydrogens (tertiary/aromatic N) is 4. The van der Waals surface area contributed by atoms with Crippen molar-refractivity contribution in [1.29, 1.82) is 0 Å². The van der Waals surface area contributed by atoms with Gasteiger partial charge in [-0.05, 0) is 19.8 Å². The van der Waals surface area contributed by atoms with Crippen molar-refractivity contribution in [3.05, 3.63) is 23.8 Å². The number of anilines is 2. The zero-order valence-electron chi connectivity index (χ0n) is 12.8. The fourth-order valence-electron chi connectivity index (χ4n) is 2.18. The number of aromatic nitrogens is 4. The normalized spacial score (nSPS) is 14.0. The van der Waals surface area contributed by atoms with Gasteiger partial charge in [-0.2, -0.15) is 10.2 Å². The van der Waals surface area contributed by atoms with Crippen LogP contribution in [0.5, 0.6) is 0 Å². The maximum Gasteiger partial charge on any atom is 0.276 e. The van der Waals surface area contributed by atoms with Gasteiger partial charge in [-0.15, -0.1) is 0 Å². The number of rotatable bonds is 4. The Morgan fingerprint density at radius 1 is 1.09 bits per heavy atom. The number of hydrogen-bond donors (Lipinski definition) is 2. The second kappa shape index (κ2) is 5.28. The second-order valence-electron chi connectivity index (χ2n) is 5.52. The molecule has 8 nitrogen and oxygen atoms in total. The molecule has 0 spiro atoms. The largest absolute Gasteiger partial charge is 0.323 e. The minimum absolute atomic E-state index is 0.0559. The molecule has 0 bridgehead atoms. The monoisotopic (exact) mass is 302 g/mol. The number of carbonyl (C=O) groups excluding carboxylic acids is 2. The van der Waals surface area contributed by atoms with E-state index in [9.17, 15) is 9.59 Å². The van der Waals surface area contributed by atoms with E-state index >= 15 is 0 Å². The van der Waals surface area contributed by atoms with E-state index in [1.165, 1.54) is 10.9 Å². The fraction of sp³-hybridized carbons (Fsp3) is 0.429. The summed E-state index contributed by atoms with van der Waals surface area (Å²) in [4.78, 5) is 24.4. The summed E-state index contributed by atoms with van der Waals surface area (Å²) in [6.45, 7) is 1.86. The standard InChI is InChI=1S/C14H18N6O2/c1-8-10(6-15-19(8)2)17-14(22)12-11(7-16-20(12)3)18-13(21)9-4-5-9/h6-7,9H,4-5H2,1-3H3,(H,17,22)(H,18,21). The summed E-state index contributed by atoms with van der Waals surface area (Å²) in [6, 6.07) is 0. The van der Waals surface area contributed by atoms with Crippen LogP contribution < -0.4 is 10.6 Å². The lowest BCUT2D eigenvalue weighted by Gasteiger charge is -2.08. The van der Waals surface area contributed by atoms with Crippen LogP contribution in [0.15, 0.2) is 12.4 Å². The third-order valence-corrected chi connectivity index (χ3v) is 3.84. The van der Waals surface area contributed by atoms with E-state index in [4.69, 9.17) is 0 Å². The van der Waals surface area contributed by atoms with Gasteiger partial charge in [-0.25, -0.2) is 0 Å². The highest BCUT2D eigenvalue weighted by Crippen LogP contribution is 2.30. The SMILES string of the molecule is Cc1c(NC(=O)c2c(NC(=O)C3CC3)cnn2C)cnn1C. The van der Waals surface area contributed by atoms with Gasteiger partial charge in [-0.3, -0.25) is 19.0 Å². The molecule has 2 N–H and O–H groups in total. The van der Waals surface area contributed by atoms with Crippen LogP contribution in [-0.4, -0.2) is 31.4 Å². The van der Waals surface area contributed by atoms with E-state index in [2.05, 4.69) is 20.8 Å². The Kier molecular flexibility index (Phi) is 3.44. The lowest BCUT2D eigenvalue weighted by Crippen LogP contribution is -2.21. The molecule has 0 saturated heterocycles. The highest BCUT2D eigenvalue weighted by Gasteiger charge is 2.31. The van der Waals surface area contributed by atoms with Gasteiger partial charge in [0.1, 0.15) is 5.69 Å². The van der Waals surface area contributed by atoms with Crippen molar-refractivity contribution in [2.45, 2.75) is 19.8 Å². The maximum atomic E-state index is 12.5. The molecule has 2 aromatic heterocycles. The summed E-state index contributed by atoms with van der Waals surface area (Å²) in [6.07, 6.45) is 4.89. The number of hydrogen-bond acceptors (Lipinski definition) is 4. The van der Waals surface area contributed by atoms with E-state index in [1.807, 2.05) is 6.92 Å². The molecular formula is C14H18N6O2. The third kappa shape index (κ3) is 2.59. The van der Waals surface area contributed by atoms with Crippen LogP contribution in [0.25, 0.3) is 0 Å². The molecule has 2 heterocycles. The molecular weight excluding hydrogens is 284 g/mol. The third-order valence-electron chi connectivity index (χ3n) is 3.84. The predicted molar refractivity (Wildman–Crippen MR) is 80.5 cm³/mol. The van der Waals surface area contributed by atoms with Crippen molar-refractivity contribution in [2.75, 3.05) is 10.6 Å². The Labute approximate surface area is 127 Å². The van der Waals surface area contributed by atoms with Crippen molar-refractivity contribution < 1.29 is 9.59 Å². The van der Waals surface area contributed by atoms with Gasteiger partial charge in [0, 0.05) is 20.0 Å². The Balaban J connectivity index is 1.81. The first-order valence-electron chi connectivity index (χ1n) is 7.10. The van der Waals surface area contributed by atoms with E-state index in [-0.39, 0.29) is 17.7 Å². The number of nitrogens with one attached hydrogen (secondary N) is 2. The molecule has 1 fully saturated rings. The van der Waals surface area contributed by atoms with Crippen LogP contribution >= 0.6 is 0 Å². The zero-order chi connectivity index (χ0) is 15.9. The van der Waals surface area contributed by atoms with Crippen molar-refractivity contribution >= 4 is 23.2 Å². The maximum absolute atomic E-state index is 12.5. The summed E-state index contributed by atoms with van der Waals surface area (Å²) < 4.78 is 3.12. The topological polar surface area (TPSA) is 93.8 Å². The number of aryl methyl sites for hydroxylation is 2. The average molecular weight is 302 g/mol. The minimum atomic E-state index is -0.331. The predicted octanol–water partition coefficient (Wildman–Crippen LogP) is 1.06. The molecule has 22 heavy (non-hydrogen) atoms. The molecule has 116 valence electrons. The Morgan fingerprint density at radius 2 is 1.73 bits per heavy atom. The number of carbonyl (C=O) groups is 2. The second-order valence-corrected chi connectivity index (χ2v) is 5.52. The summed E-state index contributed by atoms with van der Waals surface area (Å²) in [5, 5.41) is 13.7. The van der Waals surface area contributed by atoms with E-state index in [0.29, 0.717) is 17.1 Å². The van der Waals surface area contributed by atoms with Gasteiger partial charge in [0.15, 0.2) is 0 Å². The molecule has 2 aromatic rings. The average Bonchev–Trinajstić information content (AvgIpc) is 3.21. The van der Waals surface area contributed by atoms with Gasteiger partial charge in [0.25, 0.3) is 5.91 Å². The smallest absolute Gasteiger partial charge is 0.276 e. The van der Waals surface area contributed by atoms with Crippen LogP contribution in [0.1, 0.15) is 29.0 Å². The quantitative estimate of drug-likeness (QED) is 0.883. The van der Waals surface area contributed by atoms with E-state index in [1.54, 1.807) is 25.0 Å².